The average Bonchev–Trinajstić information content (AvgIpc) is 3.05. The Balaban J connectivity index is 1.43. The Hall–Kier alpha value is -2.41. The van der Waals surface area contributed by atoms with Crippen molar-refractivity contribution in [3.63, 3.8) is 0 Å². The topological polar surface area (TPSA) is 31.9 Å². The van der Waals surface area contributed by atoms with Crippen molar-refractivity contribution in [3.8, 4) is 0 Å². The monoisotopic (exact) mass is 377 g/mol. The maximum atomic E-state index is 13.3. The van der Waals surface area contributed by atoms with Crippen molar-refractivity contribution in [2.75, 3.05) is 13.1 Å². The number of aromatic amines is 1. The number of likely N-dealkylation sites (tertiary alicyclic amines) is 1. The van der Waals surface area contributed by atoms with Gasteiger partial charge in [0.05, 0.1) is 11.0 Å². The molecule has 1 saturated heterocycles. The molecule has 0 spiro atoms. The number of halogens is 4. The molecule has 2 aromatic heterocycles. The van der Waals surface area contributed by atoms with Gasteiger partial charge in [-0.1, -0.05) is 12.1 Å². The number of fused-ring (bicyclic) bond motifs is 1. The van der Waals surface area contributed by atoms with E-state index in [2.05, 4.69) is 14.9 Å². The van der Waals surface area contributed by atoms with Gasteiger partial charge in [-0.05, 0) is 61.8 Å². The van der Waals surface area contributed by atoms with E-state index in [-0.39, 0.29) is 11.7 Å². The summed E-state index contributed by atoms with van der Waals surface area (Å²) < 4.78 is 51.8. The third kappa shape index (κ3) is 3.98. The molecule has 27 heavy (non-hydrogen) atoms. The summed E-state index contributed by atoms with van der Waals surface area (Å²) in [4.78, 5) is 9.23. The zero-order chi connectivity index (χ0) is 19.0. The number of pyridine rings is 1. The molecule has 3 aromatic rings. The third-order valence-corrected chi connectivity index (χ3v) is 5.11. The summed E-state index contributed by atoms with van der Waals surface area (Å²) in [5, 5.41) is 0. The summed E-state index contributed by atoms with van der Waals surface area (Å²) in [6.45, 7) is 2.42. The van der Waals surface area contributed by atoms with Crippen molar-refractivity contribution in [1.29, 1.82) is 0 Å². The molecule has 0 atom stereocenters. The van der Waals surface area contributed by atoms with E-state index in [1.165, 1.54) is 12.1 Å². The predicted octanol–water partition coefficient (Wildman–Crippen LogP) is 5.10. The number of piperidine rings is 1. The number of hydrogen-bond donors (Lipinski definition) is 1. The lowest BCUT2D eigenvalue weighted by Gasteiger charge is -2.31. The van der Waals surface area contributed by atoms with Crippen molar-refractivity contribution in [1.82, 2.24) is 14.9 Å². The SMILES string of the molecule is Fc1cccc(CN2CCC(c3cc4nc(C(F)(F)F)ccc4[nH]3)CC2)c1. The standard InChI is InChI=1S/C20H19F4N3/c21-15-3-1-2-13(10-15)12-27-8-6-14(7-9-27)17-11-18-16(25-17)4-5-19(26-18)20(22,23)24/h1-5,10-11,14,25H,6-9,12H2. The van der Waals surface area contributed by atoms with Gasteiger partial charge in [0.15, 0.2) is 0 Å². The first-order chi connectivity index (χ1) is 12.9. The van der Waals surface area contributed by atoms with E-state index in [1.54, 1.807) is 18.2 Å². The van der Waals surface area contributed by atoms with Crippen LogP contribution in [-0.2, 0) is 12.7 Å². The van der Waals surface area contributed by atoms with Crippen LogP contribution in [0.1, 0.15) is 35.7 Å². The van der Waals surface area contributed by atoms with Crippen molar-refractivity contribution in [3.05, 3.63) is 65.2 Å². The van der Waals surface area contributed by atoms with Crippen LogP contribution in [-0.4, -0.2) is 28.0 Å². The number of nitrogens with zero attached hydrogens (tertiary/aromatic N) is 2. The minimum atomic E-state index is -4.44. The smallest absolute Gasteiger partial charge is 0.357 e. The summed E-state index contributed by atoms with van der Waals surface area (Å²) in [5.41, 5.74) is 1.98. The molecular formula is C20H19F4N3. The van der Waals surface area contributed by atoms with Crippen LogP contribution in [0.25, 0.3) is 11.0 Å². The number of benzene rings is 1. The van der Waals surface area contributed by atoms with Gasteiger partial charge < -0.3 is 4.98 Å². The molecule has 1 aliphatic heterocycles. The number of alkyl halides is 3. The lowest BCUT2D eigenvalue weighted by molar-refractivity contribution is -0.140. The molecule has 0 aliphatic carbocycles. The predicted molar refractivity (Wildman–Crippen MR) is 94.7 cm³/mol. The fourth-order valence-corrected chi connectivity index (χ4v) is 3.70. The molecule has 0 radical (unpaired) electrons. The van der Waals surface area contributed by atoms with Crippen LogP contribution in [0.2, 0.25) is 0 Å². The minimum Gasteiger partial charge on any atom is -0.357 e. The van der Waals surface area contributed by atoms with Crippen LogP contribution >= 0.6 is 0 Å². The molecule has 0 bridgehead atoms. The highest BCUT2D eigenvalue weighted by Crippen LogP contribution is 2.32. The van der Waals surface area contributed by atoms with E-state index >= 15 is 0 Å². The van der Waals surface area contributed by atoms with Crippen molar-refractivity contribution in [2.24, 2.45) is 0 Å². The summed E-state index contributed by atoms with van der Waals surface area (Å²) >= 11 is 0. The first-order valence-electron chi connectivity index (χ1n) is 8.92. The highest BCUT2D eigenvalue weighted by atomic mass is 19.4. The lowest BCUT2D eigenvalue weighted by atomic mass is 9.93. The molecule has 1 fully saturated rings. The Morgan fingerprint density at radius 3 is 2.56 bits per heavy atom. The van der Waals surface area contributed by atoms with E-state index in [0.29, 0.717) is 17.6 Å². The summed E-state index contributed by atoms with van der Waals surface area (Å²) in [5.74, 6) is 0.0310. The largest absolute Gasteiger partial charge is 0.433 e. The maximum absolute atomic E-state index is 13.3. The van der Waals surface area contributed by atoms with E-state index in [1.807, 2.05) is 6.07 Å². The van der Waals surface area contributed by atoms with Gasteiger partial charge >= 0.3 is 6.18 Å². The molecule has 1 N–H and O–H groups in total. The maximum Gasteiger partial charge on any atom is 0.433 e. The molecular weight excluding hydrogens is 358 g/mol. The van der Waals surface area contributed by atoms with E-state index in [4.69, 9.17) is 0 Å². The second kappa shape index (κ2) is 6.96. The van der Waals surface area contributed by atoms with Crippen LogP contribution < -0.4 is 0 Å². The lowest BCUT2D eigenvalue weighted by Crippen LogP contribution is -2.32. The highest BCUT2D eigenvalue weighted by molar-refractivity contribution is 5.76. The van der Waals surface area contributed by atoms with E-state index < -0.39 is 11.9 Å². The van der Waals surface area contributed by atoms with Crippen molar-refractivity contribution in [2.45, 2.75) is 31.5 Å². The number of aromatic nitrogens is 2. The summed E-state index contributed by atoms with van der Waals surface area (Å²) in [6.07, 6.45) is -2.64. The quantitative estimate of drug-likeness (QED) is 0.644. The molecule has 1 aliphatic rings. The first-order valence-corrected chi connectivity index (χ1v) is 8.92. The average molecular weight is 377 g/mol. The fourth-order valence-electron chi connectivity index (χ4n) is 3.70. The normalized spacial score (nSPS) is 16.9. The minimum absolute atomic E-state index is 0.230. The van der Waals surface area contributed by atoms with Gasteiger partial charge in [-0.25, -0.2) is 9.37 Å². The third-order valence-electron chi connectivity index (χ3n) is 5.11. The molecule has 7 heteroatoms. The fraction of sp³-hybridized carbons (Fsp3) is 0.350. The second-order valence-electron chi connectivity index (χ2n) is 7.03. The molecule has 142 valence electrons. The number of rotatable bonds is 3. The van der Waals surface area contributed by atoms with Gasteiger partial charge in [0.2, 0.25) is 0 Å². The molecule has 3 nitrogen and oxygen atoms in total. The number of nitrogens with one attached hydrogen (secondary N) is 1. The van der Waals surface area contributed by atoms with Crippen LogP contribution in [0.3, 0.4) is 0 Å². The number of H-pyrrole nitrogens is 1. The zero-order valence-electron chi connectivity index (χ0n) is 14.6. The van der Waals surface area contributed by atoms with E-state index in [9.17, 15) is 17.6 Å². The Bertz CT molecular complexity index is 940. The van der Waals surface area contributed by atoms with Gasteiger partial charge in [-0.3, -0.25) is 4.90 Å². The molecule has 0 saturated carbocycles. The molecule has 4 rings (SSSR count). The zero-order valence-corrected chi connectivity index (χ0v) is 14.6. The van der Waals surface area contributed by atoms with Crippen LogP contribution in [0, 0.1) is 5.82 Å². The Morgan fingerprint density at radius 2 is 1.85 bits per heavy atom. The Labute approximate surface area is 154 Å². The van der Waals surface area contributed by atoms with E-state index in [0.717, 1.165) is 43.3 Å². The Morgan fingerprint density at radius 1 is 1.07 bits per heavy atom. The second-order valence-corrected chi connectivity index (χ2v) is 7.03. The van der Waals surface area contributed by atoms with Crippen molar-refractivity contribution >= 4 is 11.0 Å². The molecule has 1 aromatic carbocycles. The first kappa shape index (κ1) is 18.0. The van der Waals surface area contributed by atoms with Crippen LogP contribution in [0.4, 0.5) is 17.6 Å². The van der Waals surface area contributed by atoms with Crippen LogP contribution in [0.15, 0.2) is 42.5 Å². The van der Waals surface area contributed by atoms with Gasteiger partial charge in [-0.15, -0.1) is 0 Å². The highest BCUT2D eigenvalue weighted by Gasteiger charge is 2.32. The van der Waals surface area contributed by atoms with Crippen molar-refractivity contribution < 1.29 is 17.6 Å². The van der Waals surface area contributed by atoms with Gasteiger partial charge in [0.1, 0.15) is 11.5 Å². The number of hydrogen-bond acceptors (Lipinski definition) is 2. The molecule has 0 unspecified atom stereocenters. The Kier molecular flexibility index (Phi) is 4.63. The van der Waals surface area contributed by atoms with Gasteiger partial charge in [0.25, 0.3) is 0 Å². The summed E-state index contributed by atoms with van der Waals surface area (Å²) in [7, 11) is 0. The summed E-state index contributed by atoms with van der Waals surface area (Å²) in [6, 6.07) is 10.8. The molecule has 0 amide bonds. The molecule has 3 heterocycles. The van der Waals surface area contributed by atoms with Gasteiger partial charge in [-0.2, -0.15) is 13.2 Å². The van der Waals surface area contributed by atoms with Gasteiger partial charge in [0, 0.05) is 18.2 Å². The van der Waals surface area contributed by atoms with Crippen LogP contribution in [0.5, 0.6) is 0 Å².